The van der Waals surface area contributed by atoms with Crippen molar-refractivity contribution >= 4 is 18.1 Å². The molecule has 12 nitrogen and oxygen atoms in total. The van der Waals surface area contributed by atoms with E-state index in [0.29, 0.717) is 24.5 Å². The van der Waals surface area contributed by atoms with E-state index in [4.69, 9.17) is 18.6 Å². The zero-order valence-electron chi connectivity index (χ0n) is 25.9. The van der Waals surface area contributed by atoms with Crippen LogP contribution >= 0.6 is 0 Å². The molecular formula is C30H40F2N4O8. The van der Waals surface area contributed by atoms with Crippen LogP contribution in [0.15, 0.2) is 22.6 Å². The van der Waals surface area contributed by atoms with E-state index >= 15 is 0 Å². The van der Waals surface area contributed by atoms with E-state index < -0.39 is 36.3 Å². The van der Waals surface area contributed by atoms with Crippen LogP contribution in [-0.4, -0.2) is 84.5 Å². The van der Waals surface area contributed by atoms with Gasteiger partial charge in [0.1, 0.15) is 5.60 Å². The van der Waals surface area contributed by atoms with Gasteiger partial charge in [-0.3, -0.25) is 4.79 Å². The summed E-state index contributed by atoms with van der Waals surface area (Å²) in [6, 6.07) is 3.16. The molecule has 1 N–H and O–H groups in total. The van der Waals surface area contributed by atoms with Crippen molar-refractivity contribution in [3.63, 3.8) is 0 Å². The van der Waals surface area contributed by atoms with E-state index in [1.54, 1.807) is 37.5 Å². The molecule has 2 fully saturated rings. The third-order valence-corrected chi connectivity index (χ3v) is 7.21. The van der Waals surface area contributed by atoms with Crippen LogP contribution < -0.4 is 14.8 Å². The zero-order chi connectivity index (χ0) is 32.2. The lowest BCUT2D eigenvalue weighted by Crippen LogP contribution is -2.56. The molecule has 2 atom stereocenters. The van der Waals surface area contributed by atoms with Gasteiger partial charge in [-0.1, -0.05) is 6.92 Å². The number of oxazole rings is 1. The number of piperazine rings is 1. The Labute approximate surface area is 254 Å². The summed E-state index contributed by atoms with van der Waals surface area (Å²) in [5.74, 6) is -0.0666. The Balaban J connectivity index is 1.67. The number of methoxy groups -OCH3 is 1. The Bertz CT molecular complexity index is 1340. The van der Waals surface area contributed by atoms with Gasteiger partial charge in [0, 0.05) is 25.2 Å². The summed E-state index contributed by atoms with van der Waals surface area (Å²) in [6.45, 7) is 6.71. The van der Waals surface area contributed by atoms with Crippen LogP contribution in [0.25, 0.3) is 11.5 Å². The Hall–Kier alpha value is -4.10. The average Bonchev–Trinajstić information content (AvgIpc) is 3.69. The smallest absolute Gasteiger partial charge is 0.409 e. The minimum Gasteiger partial charge on any atom is -0.489 e. The second kappa shape index (κ2) is 13.7. The molecule has 4 rings (SSSR count). The fourth-order valence-electron chi connectivity index (χ4n) is 4.79. The van der Waals surface area contributed by atoms with Gasteiger partial charge in [0.05, 0.1) is 25.8 Å². The van der Waals surface area contributed by atoms with Crippen LogP contribution in [0.3, 0.4) is 0 Å². The minimum absolute atomic E-state index is 0.0151. The monoisotopic (exact) mass is 622 g/mol. The first kappa shape index (κ1) is 32.8. The number of aromatic nitrogens is 1. The molecule has 0 spiro atoms. The number of nitrogens with one attached hydrogen (secondary N) is 1. The fourth-order valence-corrected chi connectivity index (χ4v) is 4.79. The van der Waals surface area contributed by atoms with Crippen molar-refractivity contribution < 1.29 is 46.5 Å². The minimum atomic E-state index is -3.05. The SMILES string of the molecule is CCC1CN(C(=O)c2nc(-c3ccc(OC(F)F)c(OCC4CC4)c3)oc2[C@H](C)NC(=O)OC(C)(C)C)CCN1C(=O)OC. The number of hydrogen-bond acceptors (Lipinski definition) is 9. The molecule has 1 aliphatic heterocycles. The van der Waals surface area contributed by atoms with Gasteiger partial charge >= 0.3 is 18.8 Å². The highest BCUT2D eigenvalue weighted by Crippen LogP contribution is 2.37. The van der Waals surface area contributed by atoms with Gasteiger partial charge in [-0.05, 0) is 71.1 Å². The second-order valence-electron chi connectivity index (χ2n) is 11.9. The van der Waals surface area contributed by atoms with Gasteiger partial charge in [-0.2, -0.15) is 8.78 Å². The summed E-state index contributed by atoms with van der Waals surface area (Å²) in [5.41, 5.74) is -0.454. The van der Waals surface area contributed by atoms with E-state index in [9.17, 15) is 23.2 Å². The highest BCUT2D eigenvalue weighted by molar-refractivity contribution is 5.94. The lowest BCUT2D eigenvalue weighted by atomic mass is 10.1. The number of rotatable bonds is 10. The van der Waals surface area contributed by atoms with Crippen LogP contribution in [0.2, 0.25) is 0 Å². The number of carbonyl (C=O) groups is 3. The zero-order valence-corrected chi connectivity index (χ0v) is 25.9. The number of alkyl carbamates (subject to hydrolysis) is 1. The first-order chi connectivity index (χ1) is 20.8. The Kier molecular flexibility index (Phi) is 10.2. The fraction of sp³-hybridized carbons (Fsp3) is 0.600. The summed E-state index contributed by atoms with van der Waals surface area (Å²) >= 11 is 0. The first-order valence-electron chi connectivity index (χ1n) is 14.7. The Morgan fingerprint density at radius 3 is 2.50 bits per heavy atom. The molecule has 14 heteroatoms. The molecule has 2 aromatic rings. The highest BCUT2D eigenvalue weighted by Gasteiger charge is 2.36. The number of ether oxygens (including phenoxy) is 4. The van der Waals surface area contributed by atoms with Crippen molar-refractivity contribution in [3.05, 3.63) is 29.7 Å². The molecule has 3 amide bonds. The Morgan fingerprint density at radius 2 is 1.89 bits per heavy atom. The number of carbonyl (C=O) groups excluding carboxylic acids is 3. The van der Waals surface area contributed by atoms with Crippen LogP contribution in [0.5, 0.6) is 11.5 Å². The molecule has 0 radical (unpaired) electrons. The maximum atomic E-state index is 13.9. The number of amides is 3. The predicted octanol–water partition coefficient (Wildman–Crippen LogP) is 5.62. The van der Waals surface area contributed by atoms with E-state index in [2.05, 4.69) is 15.0 Å². The molecule has 1 saturated carbocycles. The molecule has 2 aliphatic rings. The highest BCUT2D eigenvalue weighted by atomic mass is 19.3. The molecular weight excluding hydrogens is 582 g/mol. The third kappa shape index (κ3) is 8.29. The number of hydrogen-bond donors (Lipinski definition) is 1. The van der Waals surface area contributed by atoms with Crippen molar-refractivity contribution in [1.82, 2.24) is 20.1 Å². The lowest BCUT2D eigenvalue weighted by Gasteiger charge is -2.40. The number of benzene rings is 1. The summed E-state index contributed by atoms with van der Waals surface area (Å²) in [7, 11) is 1.31. The predicted molar refractivity (Wildman–Crippen MR) is 154 cm³/mol. The summed E-state index contributed by atoms with van der Waals surface area (Å²) in [4.78, 5) is 46.4. The van der Waals surface area contributed by atoms with Crippen LogP contribution in [-0.2, 0) is 9.47 Å². The van der Waals surface area contributed by atoms with Crippen LogP contribution in [0, 0.1) is 5.92 Å². The molecule has 44 heavy (non-hydrogen) atoms. The Morgan fingerprint density at radius 1 is 1.16 bits per heavy atom. The number of nitrogens with zero attached hydrogens (tertiary/aromatic N) is 3. The van der Waals surface area contributed by atoms with Gasteiger partial charge in [-0.25, -0.2) is 14.6 Å². The molecule has 1 unspecified atom stereocenters. The lowest BCUT2D eigenvalue weighted by molar-refractivity contribution is -0.0515. The summed E-state index contributed by atoms with van der Waals surface area (Å²) < 4.78 is 52.9. The largest absolute Gasteiger partial charge is 0.489 e. The van der Waals surface area contributed by atoms with Crippen molar-refractivity contribution in [2.24, 2.45) is 5.92 Å². The van der Waals surface area contributed by atoms with E-state index in [1.165, 1.54) is 25.3 Å². The van der Waals surface area contributed by atoms with Crippen LogP contribution in [0.1, 0.15) is 76.2 Å². The van der Waals surface area contributed by atoms with E-state index in [1.807, 2.05) is 6.92 Å². The van der Waals surface area contributed by atoms with Gasteiger partial charge in [0.2, 0.25) is 5.89 Å². The van der Waals surface area contributed by atoms with Crippen molar-refractivity contribution in [2.75, 3.05) is 33.4 Å². The molecule has 1 aromatic carbocycles. The molecule has 0 bridgehead atoms. The van der Waals surface area contributed by atoms with Gasteiger partial charge < -0.3 is 38.5 Å². The van der Waals surface area contributed by atoms with Crippen LogP contribution in [0.4, 0.5) is 18.4 Å². The molecule has 242 valence electrons. The number of halogens is 2. The van der Waals surface area contributed by atoms with E-state index in [0.717, 1.165) is 12.8 Å². The van der Waals surface area contributed by atoms with Gasteiger partial charge in [0.15, 0.2) is 23.0 Å². The standard InChI is InChI=1S/C30H40F2N4O8/c1-7-20-15-35(12-13-36(20)29(39)40-6)26(37)23-24(17(2)33-28(38)44-30(3,4)5)43-25(34-23)19-10-11-21(42-27(31)32)22(14-19)41-16-18-8-9-18/h10-11,14,17-18,20,27H,7-9,12-13,15-16H2,1-6H3,(H,33,38)/t17-,20?/m0/s1. The van der Waals surface area contributed by atoms with Crippen molar-refractivity contribution in [2.45, 2.75) is 78.2 Å². The summed E-state index contributed by atoms with van der Waals surface area (Å²) in [5, 5.41) is 2.68. The van der Waals surface area contributed by atoms with Gasteiger partial charge in [0.25, 0.3) is 5.91 Å². The molecule has 1 aliphatic carbocycles. The molecule has 2 heterocycles. The maximum Gasteiger partial charge on any atom is 0.409 e. The maximum absolute atomic E-state index is 13.9. The topological polar surface area (TPSA) is 133 Å². The molecule has 1 aromatic heterocycles. The quantitative estimate of drug-likeness (QED) is 0.358. The van der Waals surface area contributed by atoms with Gasteiger partial charge in [-0.15, -0.1) is 0 Å². The third-order valence-electron chi connectivity index (χ3n) is 7.21. The second-order valence-corrected chi connectivity index (χ2v) is 11.9. The van der Waals surface area contributed by atoms with Crippen molar-refractivity contribution in [3.8, 4) is 23.0 Å². The van der Waals surface area contributed by atoms with E-state index in [-0.39, 0.29) is 54.5 Å². The normalized spacial score (nSPS) is 17.7. The molecule has 1 saturated heterocycles. The summed E-state index contributed by atoms with van der Waals surface area (Å²) in [6.07, 6.45) is 1.39. The van der Waals surface area contributed by atoms with Crippen molar-refractivity contribution in [1.29, 1.82) is 0 Å². The average molecular weight is 623 g/mol. The first-order valence-corrected chi connectivity index (χ1v) is 14.7. The number of alkyl halides is 2.